The van der Waals surface area contributed by atoms with Gasteiger partial charge in [-0.2, -0.15) is 0 Å². The first-order valence-corrected chi connectivity index (χ1v) is 13.3. The Morgan fingerprint density at radius 3 is 2.41 bits per heavy atom. The maximum Gasteiger partial charge on any atom is 0.291 e. The average Bonchev–Trinajstić information content (AvgIpc) is 3.52. The monoisotopic (exact) mass is 523 g/mol. The van der Waals surface area contributed by atoms with Gasteiger partial charge in [0.1, 0.15) is 0 Å². The fraction of sp³-hybridized carbons (Fsp3) is 0.258. The molecule has 1 saturated heterocycles. The van der Waals surface area contributed by atoms with Crippen molar-refractivity contribution in [3.05, 3.63) is 108 Å². The third-order valence-electron chi connectivity index (χ3n) is 6.98. The van der Waals surface area contributed by atoms with Gasteiger partial charge in [0, 0.05) is 56.4 Å². The number of aromatic nitrogens is 1. The van der Waals surface area contributed by atoms with Gasteiger partial charge < -0.3 is 24.9 Å². The summed E-state index contributed by atoms with van der Waals surface area (Å²) in [5.74, 6) is -0.310. The lowest BCUT2D eigenvalue weighted by molar-refractivity contribution is 0.0951. The molecule has 2 aromatic heterocycles. The molecule has 0 aliphatic carbocycles. The molecule has 0 atom stereocenters. The minimum Gasteiger partial charge on any atom is -0.459 e. The third kappa shape index (κ3) is 6.46. The molecule has 5 rings (SSSR count). The molecule has 8 heteroatoms. The highest BCUT2D eigenvalue weighted by Crippen LogP contribution is 2.30. The molecule has 1 aliphatic rings. The van der Waals surface area contributed by atoms with Crippen LogP contribution in [0, 0.1) is 6.92 Å². The number of nitrogens with zero attached hydrogens (tertiary/aromatic N) is 3. The van der Waals surface area contributed by atoms with Crippen LogP contribution in [0.3, 0.4) is 0 Å². The molecule has 39 heavy (non-hydrogen) atoms. The Hall–Kier alpha value is -4.59. The van der Waals surface area contributed by atoms with E-state index in [-0.39, 0.29) is 17.6 Å². The van der Waals surface area contributed by atoms with Crippen LogP contribution >= 0.6 is 0 Å². The Labute approximate surface area is 228 Å². The predicted molar refractivity (Wildman–Crippen MR) is 154 cm³/mol. The fourth-order valence-corrected chi connectivity index (χ4v) is 4.89. The fourth-order valence-electron chi connectivity index (χ4n) is 4.89. The van der Waals surface area contributed by atoms with E-state index in [1.165, 1.54) is 17.5 Å². The quantitative estimate of drug-likeness (QED) is 0.303. The Morgan fingerprint density at radius 1 is 0.897 bits per heavy atom. The predicted octanol–water partition coefficient (Wildman–Crippen LogP) is 4.92. The minimum absolute atomic E-state index is 0.175. The van der Waals surface area contributed by atoms with Crippen molar-refractivity contribution in [1.82, 2.24) is 10.3 Å². The van der Waals surface area contributed by atoms with E-state index in [0.29, 0.717) is 17.8 Å². The van der Waals surface area contributed by atoms with Crippen molar-refractivity contribution in [2.24, 2.45) is 0 Å². The van der Waals surface area contributed by atoms with Crippen LogP contribution in [0.25, 0.3) is 0 Å². The molecule has 2 N–H and O–H groups in total. The molecule has 0 radical (unpaired) electrons. The summed E-state index contributed by atoms with van der Waals surface area (Å²) in [4.78, 5) is 34.6. The standard InChI is InChI=1S/C31H33N5O3/c1-23-7-2-3-10-27(23)35-16-18-36(19-17-35)28-13-12-25(21-26(28)34-31(38)29-11-6-20-39-29)30(37)33-15-5-9-24-8-4-14-32-22-24/h2-4,6-8,10-14,20-22H,5,9,15-19H2,1H3,(H,33,37)(H,34,38). The van der Waals surface area contributed by atoms with Crippen LogP contribution in [-0.2, 0) is 6.42 Å². The Bertz CT molecular complexity index is 1400. The smallest absolute Gasteiger partial charge is 0.291 e. The number of furan rings is 1. The first kappa shape index (κ1) is 26.0. The molecule has 0 saturated carbocycles. The van der Waals surface area contributed by atoms with Crippen molar-refractivity contribution < 1.29 is 14.0 Å². The summed E-state index contributed by atoms with van der Waals surface area (Å²) in [6.07, 6.45) is 6.71. The van der Waals surface area contributed by atoms with E-state index in [1.54, 1.807) is 24.4 Å². The first-order valence-electron chi connectivity index (χ1n) is 13.3. The molecule has 2 aromatic carbocycles. The number of hydrogen-bond acceptors (Lipinski definition) is 6. The lowest BCUT2D eigenvalue weighted by atomic mass is 10.1. The number of amides is 2. The number of para-hydroxylation sites is 1. The van der Waals surface area contributed by atoms with Gasteiger partial charge in [0.2, 0.25) is 0 Å². The number of piperazine rings is 1. The lowest BCUT2D eigenvalue weighted by Gasteiger charge is -2.38. The molecule has 0 unspecified atom stereocenters. The van der Waals surface area contributed by atoms with Gasteiger partial charge in [-0.05, 0) is 73.4 Å². The van der Waals surface area contributed by atoms with Crippen molar-refractivity contribution in [3.8, 4) is 0 Å². The highest BCUT2D eigenvalue weighted by Gasteiger charge is 2.23. The van der Waals surface area contributed by atoms with Crippen LogP contribution in [0.5, 0.6) is 0 Å². The number of carbonyl (C=O) groups is 2. The minimum atomic E-state index is -0.353. The van der Waals surface area contributed by atoms with Gasteiger partial charge in [-0.25, -0.2) is 0 Å². The zero-order chi connectivity index (χ0) is 27.0. The van der Waals surface area contributed by atoms with Gasteiger partial charge >= 0.3 is 0 Å². The summed E-state index contributed by atoms with van der Waals surface area (Å²) >= 11 is 0. The molecule has 1 aliphatic heterocycles. The number of hydrogen-bond donors (Lipinski definition) is 2. The SMILES string of the molecule is Cc1ccccc1N1CCN(c2ccc(C(=O)NCCCc3cccnc3)cc2NC(=O)c2ccco2)CC1. The van der Waals surface area contributed by atoms with Crippen LogP contribution in [0.15, 0.2) is 89.8 Å². The number of carbonyl (C=O) groups excluding carboxylic acids is 2. The van der Waals surface area contributed by atoms with Crippen LogP contribution in [0.4, 0.5) is 17.1 Å². The van der Waals surface area contributed by atoms with Crippen molar-refractivity contribution in [2.45, 2.75) is 19.8 Å². The number of pyridine rings is 1. The third-order valence-corrected chi connectivity index (χ3v) is 6.98. The van der Waals surface area contributed by atoms with E-state index in [2.05, 4.69) is 56.6 Å². The second kappa shape index (κ2) is 12.3. The molecule has 200 valence electrons. The molecule has 2 amide bonds. The molecule has 0 spiro atoms. The first-order chi connectivity index (χ1) is 19.1. The summed E-state index contributed by atoms with van der Waals surface area (Å²) in [6.45, 7) is 5.97. The zero-order valence-electron chi connectivity index (χ0n) is 22.1. The van der Waals surface area contributed by atoms with E-state index in [0.717, 1.165) is 50.3 Å². The van der Waals surface area contributed by atoms with Gasteiger partial charge in [-0.3, -0.25) is 14.6 Å². The summed E-state index contributed by atoms with van der Waals surface area (Å²) in [5, 5.41) is 5.97. The largest absolute Gasteiger partial charge is 0.459 e. The summed E-state index contributed by atoms with van der Waals surface area (Å²) in [6, 6.07) is 21.1. The second-order valence-electron chi connectivity index (χ2n) is 9.64. The van der Waals surface area contributed by atoms with E-state index >= 15 is 0 Å². The van der Waals surface area contributed by atoms with Crippen molar-refractivity contribution in [3.63, 3.8) is 0 Å². The molecule has 8 nitrogen and oxygen atoms in total. The molecule has 4 aromatic rings. The van der Waals surface area contributed by atoms with E-state index in [9.17, 15) is 9.59 Å². The van der Waals surface area contributed by atoms with E-state index < -0.39 is 0 Å². The molecule has 0 bridgehead atoms. The Balaban J connectivity index is 1.28. The summed E-state index contributed by atoms with van der Waals surface area (Å²) in [5.41, 5.74) is 5.61. The van der Waals surface area contributed by atoms with Crippen LogP contribution < -0.4 is 20.4 Å². The maximum atomic E-state index is 13.0. The van der Waals surface area contributed by atoms with Gasteiger partial charge in [0.15, 0.2) is 5.76 Å². The average molecular weight is 524 g/mol. The van der Waals surface area contributed by atoms with Gasteiger partial charge in [0.05, 0.1) is 17.6 Å². The number of aryl methyl sites for hydroxylation is 2. The maximum absolute atomic E-state index is 13.0. The zero-order valence-corrected chi connectivity index (χ0v) is 22.1. The topological polar surface area (TPSA) is 90.7 Å². The highest BCUT2D eigenvalue weighted by atomic mass is 16.3. The Kier molecular flexibility index (Phi) is 8.21. The lowest BCUT2D eigenvalue weighted by Crippen LogP contribution is -2.47. The normalized spacial score (nSPS) is 13.3. The van der Waals surface area contributed by atoms with Crippen molar-refractivity contribution in [2.75, 3.05) is 47.8 Å². The van der Waals surface area contributed by atoms with Crippen LogP contribution in [0.2, 0.25) is 0 Å². The van der Waals surface area contributed by atoms with Crippen molar-refractivity contribution in [1.29, 1.82) is 0 Å². The van der Waals surface area contributed by atoms with Crippen LogP contribution in [0.1, 0.15) is 38.5 Å². The van der Waals surface area contributed by atoms with E-state index in [4.69, 9.17) is 4.42 Å². The van der Waals surface area contributed by atoms with Crippen LogP contribution in [-0.4, -0.2) is 49.5 Å². The Morgan fingerprint density at radius 2 is 1.69 bits per heavy atom. The van der Waals surface area contributed by atoms with Gasteiger partial charge in [-0.1, -0.05) is 24.3 Å². The molecular formula is C31H33N5O3. The second-order valence-corrected chi connectivity index (χ2v) is 9.64. The number of anilines is 3. The summed E-state index contributed by atoms with van der Waals surface area (Å²) < 4.78 is 5.29. The van der Waals surface area contributed by atoms with Gasteiger partial charge in [0.25, 0.3) is 11.8 Å². The van der Waals surface area contributed by atoms with Crippen molar-refractivity contribution >= 4 is 28.9 Å². The highest BCUT2D eigenvalue weighted by molar-refractivity contribution is 6.05. The van der Waals surface area contributed by atoms with E-state index in [1.807, 2.05) is 30.5 Å². The molecule has 1 fully saturated rings. The molecular weight excluding hydrogens is 490 g/mol. The van der Waals surface area contributed by atoms with Gasteiger partial charge in [-0.15, -0.1) is 0 Å². The summed E-state index contributed by atoms with van der Waals surface area (Å²) in [7, 11) is 0. The molecule has 3 heterocycles. The number of rotatable bonds is 9. The number of nitrogens with one attached hydrogen (secondary N) is 2. The number of benzene rings is 2.